The largest absolute Gasteiger partial charge is 0.370 e. The third-order valence-corrected chi connectivity index (χ3v) is 3.64. The van der Waals surface area contributed by atoms with E-state index in [1.54, 1.807) is 6.33 Å². The topological polar surface area (TPSA) is 41.1 Å². The van der Waals surface area contributed by atoms with E-state index in [9.17, 15) is 0 Å². The van der Waals surface area contributed by atoms with Gasteiger partial charge in [-0.05, 0) is 32.6 Å². The number of nitrogens with zero attached hydrogens (tertiary/aromatic N) is 3. The van der Waals surface area contributed by atoms with Crippen LogP contribution >= 0.6 is 0 Å². The Balaban J connectivity index is 2.28. The highest BCUT2D eigenvalue weighted by Crippen LogP contribution is 2.29. The van der Waals surface area contributed by atoms with Crippen molar-refractivity contribution in [3.05, 3.63) is 11.9 Å². The summed E-state index contributed by atoms with van der Waals surface area (Å²) in [6.07, 6.45) is 6.32. The molecule has 0 amide bonds. The molecule has 1 saturated heterocycles. The molecule has 0 aliphatic carbocycles. The van der Waals surface area contributed by atoms with Gasteiger partial charge in [-0.15, -0.1) is 0 Å². The lowest BCUT2D eigenvalue weighted by atomic mass is 10.2. The van der Waals surface area contributed by atoms with Gasteiger partial charge < -0.3 is 10.2 Å². The molecule has 1 aromatic rings. The van der Waals surface area contributed by atoms with Gasteiger partial charge >= 0.3 is 0 Å². The van der Waals surface area contributed by atoms with Crippen molar-refractivity contribution in [3.63, 3.8) is 0 Å². The lowest BCUT2D eigenvalue weighted by Crippen LogP contribution is -2.28. The van der Waals surface area contributed by atoms with Crippen LogP contribution < -0.4 is 10.2 Å². The van der Waals surface area contributed by atoms with Crippen molar-refractivity contribution < 1.29 is 0 Å². The summed E-state index contributed by atoms with van der Waals surface area (Å²) in [4.78, 5) is 11.3. The first-order valence-electron chi connectivity index (χ1n) is 7.12. The number of aromatic nitrogens is 2. The van der Waals surface area contributed by atoms with Crippen LogP contribution in [0.25, 0.3) is 0 Å². The number of rotatable bonds is 5. The van der Waals surface area contributed by atoms with Crippen LogP contribution in [0.4, 0.5) is 11.6 Å². The summed E-state index contributed by atoms with van der Waals surface area (Å²) < 4.78 is 0. The molecule has 0 radical (unpaired) electrons. The van der Waals surface area contributed by atoms with Gasteiger partial charge in [0.25, 0.3) is 0 Å². The molecule has 0 spiro atoms. The minimum absolute atomic E-state index is 0.601. The molecule has 1 fully saturated rings. The zero-order chi connectivity index (χ0) is 13.0. The number of nitrogens with one attached hydrogen (secondary N) is 1. The molecular weight excluding hydrogens is 224 g/mol. The third kappa shape index (κ3) is 2.57. The molecule has 2 heterocycles. The van der Waals surface area contributed by atoms with Crippen molar-refractivity contribution in [2.45, 2.75) is 52.5 Å². The molecule has 4 heteroatoms. The molecule has 1 atom stereocenters. The summed E-state index contributed by atoms with van der Waals surface area (Å²) >= 11 is 0. The number of hydrogen-bond donors (Lipinski definition) is 1. The second kappa shape index (κ2) is 6.03. The first-order chi connectivity index (χ1) is 8.77. The van der Waals surface area contributed by atoms with Crippen molar-refractivity contribution in [1.82, 2.24) is 9.97 Å². The molecule has 1 N–H and O–H groups in total. The zero-order valence-electron chi connectivity index (χ0n) is 11.7. The Morgan fingerprint density at radius 3 is 2.83 bits per heavy atom. The lowest BCUT2D eigenvalue weighted by molar-refractivity contribution is 0.721. The highest BCUT2D eigenvalue weighted by Gasteiger charge is 2.24. The molecule has 100 valence electrons. The predicted molar refractivity (Wildman–Crippen MR) is 76.2 cm³/mol. The van der Waals surface area contributed by atoms with Crippen molar-refractivity contribution in [3.8, 4) is 0 Å². The second-order valence-electron chi connectivity index (χ2n) is 4.99. The molecule has 2 rings (SSSR count). The van der Waals surface area contributed by atoms with Crippen LogP contribution in [0.5, 0.6) is 0 Å². The summed E-state index contributed by atoms with van der Waals surface area (Å²) in [5, 5.41) is 3.41. The van der Waals surface area contributed by atoms with E-state index in [1.165, 1.54) is 18.4 Å². The number of anilines is 2. The monoisotopic (exact) mass is 248 g/mol. The van der Waals surface area contributed by atoms with E-state index >= 15 is 0 Å². The van der Waals surface area contributed by atoms with Crippen LogP contribution in [-0.2, 0) is 6.42 Å². The van der Waals surface area contributed by atoms with E-state index in [4.69, 9.17) is 0 Å². The molecule has 1 unspecified atom stereocenters. The Labute approximate surface area is 110 Å². The Bertz CT molecular complexity index is 391. The fourth-order valence-corrected chi connectivity index (χ4v) is 2.62. The van der Waals surface area contributed by atoms with Crippen LogP contribution in [0.15, 0.2) is 6.33 Å². The van der Waals surface area contributed by atoms with E-state index in [-0.39, 0.29) is 0 Å². The number of hydrogen-bond acceptors (Lipinski definition) is 4. The Hall–Kier alpha value is -1.32. The van der Waals surface area contributed by atoms with Crippen LogP contribution in [0.3, 0.4) is 0 Å². The van der Waals surface area contributed by atoms with Crippen LogP contribution in [0.2, 0.25) is 0 Å². The molecule has 1 aliphatic rings. The maximum atomic E-state index is 4.53. The smallest absolute Gasteiger partial charge is 0.137 e. The van der Waals surface area contributed by atoms with E-state index in [0.29, 0.717) is 6.04 Å². The quantitative estimate of drug-likeness (QED) is 0.870. The molecule has 0 bridgehead atoms. The summed E-state index contributed by atoms with van der Waals surface area (Å²) in [6, 6.07) is 0.601. The zero-order valence-corrected chi connectivity index (χ0v) is 11.7. The Morgan fingerprint density at radius 1 is 1.39 bits per heavy atom. The average molecular weight is 248 g/mol. The standard InChI is InChI=1S/C14H24N4/c1-4-8-15-13-12(5-2)14(17-10-16-13)18-9-6-7-11(18)3/h10-11H,4-9H2,1-3H3,(H,15,16,17). The van der Waals surface area contributed by atoms with Gasteiger partial charge in [-0.25, -0.2) is 9.97 Å². The summed E-state index contributed by atoms with van der Waals surface area (Å²) in [7, 11) is 0. The van der Waals surface area contributed by atoms with E-state index in [0.717, 1.165) is 37.6 Å². The van der Waals surface area contributed by atoms with E-state index < -0.39 is 0 Å². The first-order valence-corrected chi connectivity index (χ1v) is 7.12. The highest BCUT2D eigenvalue weighted by atomic mass is 15.2. The molecule has 0 aromatic carbocycles. The van der Waals surface area contributed by atoms with Gasteiger partial charge in [0.15, 0.2) is 0 Å². The van der Waals surface area contributed by atoms with Crippen molar-refractivity contribution in [1.29, 1.82) is 0 Å². The highest BCUT2D eigenvalue weighted by molar-refractivity contribution is 5.59. The molecule has 1 aromatic heterocycles. The predicted octanol–water partition coefficient (Wildman–Crippen LogP) is 2.85. The van der Waals surface area contributed by atoms with Gasteiger partial charge in [-0.3, -0.25) is 0 Å². The molecular formula is C14H24N4. The van der Waals surface area contributed by atoms with Gasteiger partial charge in [0.1, 0.15) is 18.0 Å². The van der Waals surface area contributed by atoms with E-state index in [1.807, 2.05) is 0 Å². The molecule has 4 nitrogen and oxygen atoms in total. The Morgan fingerprint density at radius 2 is 2.22 bits per heavy atom. The minimum Gasteiger partial charge on any atom is -0.370 e. The summed E-state index contributed by atoms with van der Waals surface area (Å²) in [5.41, 5.74) is 1.26. The average Bonchev–Trinajstić information content (AvgIpc) is 2.81. The van der Waals surface area contributed by atoms with Crippen LogP contribution in [0, 0.1) is 0 Å². The van der Waals surface area contributed by atoms with Crippen molar-refractivity contribution in [2.75, 3.05) is 23.3 Å². The van der Waals surface area contributed by atoms with Crippen molar-refractivity contribution in [2.24, 2.45) is 0 Å². The van der Waals surface area contributed by atoms with E-state index in [2.05, 4.69) is 41.0 Å². The molecule has 18 heavy (non-hydrogen) atoms. The normalized spacial score (nSPS) is 19.3. The Kier molecular flexibility index (Phi) is 4.39. The summed E-state index contributed by atoms with van der Waals surface area (Å²) in [6.45, 7) is 8.73. The van der Waals surface area contributed by atoms with Gasteiger partial charge in [-0.1, -0.05) is 13.8 Å². The minimum atomic E-state index is 0.601. The summed E-state index contributed by atoms with van der Waals surface area (Å²) in [5.74, 6) is 2.15. The third-order valence-electron chi connectivity index (χ3n) is 3.64. The van der Waals surface area contributed by atoms with Gasteiger partial charge in [0, 0.05) is 24.7 Å². The van der Waals surface area contributed by atoms with Crippen LogP contribution in [-0.4, -0.2) is 29.1 Å². The SMILES string of the molecule is CCCNc1ncnc(N2CCCC2C)c1CC. The van der Waals surface area contributed by atoms with Crippen molar-refractivity contribution >= 4 is 11.6 Å². The van der Waals surface area contributed by atoms with Gasteiger partial charge in [0.05, 0.1) is 0 Å². The van der Waals surface area contributed by atoms with Gasteiger partial charge in [-0.2, -0.15) is 0 Å². The van der Waals surface area contributed by atoms with Gasteiger partial charge in [0.2, 0.25) is 0 Å². The molecule has 0 saturated carbocycles. The second-order valence-corrected chi connectivity index (χ2v) is 4.99. The lowest BCUT2D eigenvalue weighted by Gasteiger charge is -2.25. The maximum absolute atomic E-state index is 4.53. The maximum Gasteiger partial charge on any atom is 0.137 e. The molecule has 1 aliphatic heterocycles. The first kappa shape index (κ1) is 13.1. The van der Waals surface area contributed by atoms with Crippen LogP contribution in [0.1, 0.15) is 45.6 Å². The fourth-order valence-electron chi connectivity index (χ4n) is 2.62. The fraction of sp³-hybridized carbons (Fsp3) is 0.714.